The molecule has 1 fully saturated rings. The summed E-state index contributed by atoms with van der Waals surface area (Å²) in [4.78, 5) is 11.0. The van der Waals surface area contributed by atoms with Crippen LogP contribution in [0.3, 0.4) is 0 Å². The predicted molar refractivity (Wildman–Crippen MR) is 57.8 cm³/mol. The minimum Gasteiger partial charge on any atom is -0.359 e. The molecular formula is C12H12F3NO2. The van der Waals surface area contributed by atoms with E-state index >= 15 is 0 Å². The summed E-state index contributed by atoms with van der Waals surface area (Å²) in [6, 6.07) is 5.24. The molecular weight excluding hydrogens is 247 g/mol. The smallest absolute Gasteiger partial charge is 0.359 e. The first kappa shape index (κ1) is 12.9. The standard InChI is InChI=1S/C12H12F3NO2/c1-11(7-16-10(17)6-18-11)8-4-2-3-5-9(8)12(13,14)15/h2-5H,6-7H2,1H3,(H,16,17). The van der Waals surface area contributed by atoms with Gasteiger partial charge < -0.3 is 10.1 Å². The van der Waals surface area contributed by atoms with E-state index < -0.39 is 17.3 Å². The molecule has 1 amide bonds. The highest BCUT2D eigenvalue weighted by molar-refractivity contribution is 5.78. The van der Waals surface area contributed by atoms with Gasteiger partial charge in [0.1, 0.15) is 12.2 Å². The fourth-order valence-corrected chi connectivity index (χ4v) is 1.96. The van der Waals surface area contributed by atoms with Crippen LogP contribution in [-0.4, -0.2) is 19.1 Å². The van der Waals surface area contributed by atoms with E-state index in [2.05, 4.69) is 5.32 Å². The summed E-state index contributed by atoms with van der Waals surface area (Å²) in [5.41, 5.74) is -1.85. The Bertz CT molecular complexity index is 461. The third-order valence-electron chi connectivity index (χ3n) is 2.95. The number of ether oxygens (including phenoxy) is 1. The van der Waals surface area contributed by atoms with Gasteiger partial charge in [0, 0.05) is 0 Å². The van der Waals surface area contributed by atoms with E-state index in [1.807, 2.05) is 0 Å². The maximum Gasteiger partial charge on any atom is 0.416 e. The third-order valence-corrected chi connectivity index (χ3v) is 2.95. The quantitative estimate of drug-likeness (QED) is 0.838. The molecule has 0 aromatic heterocycles. The number of carbonyl (C=O) groups excluding carboxylic acids is 1. The van der Waals surface area contributed by atoms with Gasteiger partial charge in [0.2, 0.25) is 5.91 Å². The molecule has 0 radical (unpaired) electrons. The first-order chi connectivity index (χ1) is 8.33. The second-order valence-electron chi connectivity index (χ2n) is 4.34. The number of rotatable bonds is 1. The molecule has 0 saturated carbocycles. The van der Waals surface area contributed by atoms with Crippen molar-refractivity contribution in [2.24, 2.45) is 0 Å². The number of benzene rings is 1. The van der Waals surface area contributed by atoms with Crippen molar-refractivity contribution in [3.8, 4) is 0 Å². The van der Waals surface area contributed by atoms with E-state index in [-0.39, 0.29) is 24.6 Å². The van der Waals surface area contributed by atoms with Crippen LogP contribution in [0.15, 0.2) is 24.3 Å². The van der Waals surface area contributed by atoms with Gasteiger partial charge in [-0.2, -0.15) is 13.2 Å². The lowest BCUT2D eigenvalue weighted by Crippen LogP contribution is -2.49. The van der Waals surface area contributed by atoms with Crippen molar-refractivity contribution in [2.75, 3.05) is 13.2 Å². The third kappa shape index (κ3) is 2.33. The van der Waals surface area contributed by atoms with Crippen LogP contribution in [0.4, 0.5) is 13.2 Å². The Morgan fingerprint density at radius 2 is 2.00 bits per heavy atom. The van der Waals surface area contributed by atoms with Crippen LogP contribution in [0.1, 0.15) is 18.1 Å². The normalized spacial score (nSPS) is 24.8. The molecule has 1 saturated heterocycles. The first-order valence-electron chi connectivity index (χ1n) is 5.40. The Balaban J connectivity index is 2.42. The summed E-state index contributed by atoms with van der Waals surface area (Å²) in [6.45, 7) is 1.33. The highest BCUT2D eigenvalue weighted by atomic mass is 19.4. The van der Waals surface area contributed by atoms with Gasteiger partial charge in [-0.1, -0.05) is 18.2 Å². The van der Waals surface area contributed by atoms with Crippen LogP contribution in [0.2, 0.25) is 0 Å². The van der Waals surface area contributed by atoms with Crippen molar-refractivity contribution in [3.63, 3.8) is 0 Å². The molecule has 3 nitrogen and oxygen atoms in total. The van der Waals surface area contributed by atoms with Crippen molar-refractivity contribution in [3.05, 3.63) is 35.4 Å². The van der Waals surface area contributed by atoms with Gasteiger partial charge in [-0.25, -0.2) is 0 Å². The van der Waals surface area contributed by atoms with Gasteiger partial charge >= 0.3 is 6.18 Å². The Morgan fingerprint density at radius 3 is 2.56 bits per heavy atom. The number of amides is 1. The van der Waals surface area contributed by atoms with Gasteiger partial charge in [-0.05, 0) is 18.6 Å². The van der Waals surface area contributed by atoms with Crippen LogP contribution in [0.25, 0.3) is 0 Å². The van der Waals surface area contributed by atoms with Crippen molar-refractivity contribution >= 4 is 5.91 Å². The molecule has 1 unspecified atom stereocenters. The molecule has 1 heterocycles. The summed E-state index contributed by atoms with van der Waals surface area (Å²) < 4.78 is 44.0. The van der Waals surface area contributed by atoms with Crippen LogP contribution < -0.4 is 5.32 Å². The lowest BCUT2D eigenvalue weighted by Gasteiger charge is -2.35. The van der Waals surface area contributed by atoms with E-state index in [1.165, 1.54) is 25.1 Å². The maximum atomic E-state index is 12.9. The number of halogens is 3. The maximum absolute atomic E-state index is 12.9. The zero-order valence-corrected chi connectivity index (χ0v) is 9.67. The fraction of sp³-hybridized carbons (Fsp3) is 0.417. The van der Waals surface area contributed by atoms with Crippen molar-refractivity contribution in [1.29, 1.82) is 0 Å². The van der Waals surface area contributed by atoms with E-state index in [0.717, 1.165) is 6.07 Å². The van der Waals surface area contributed by atoms with Gasteiger partial charge in [0.05, 0.1) is 12.1 Å². The molecule has 98 valence electrons. The van der Waals surface area contributed by atoms with E-state index in [9.17, 15) is 18.0 Å². The highest BCUT2D eigenvalue weighted by Gasteiger charge is 2.41. The summed E-state index contributed by atoms with van der Waals surface area (Å²) in [7, 11) is 0. The number of hydrogen-bond donors (Lipinski definition) is 1. The molecule has 1 aliphatic heterocycles. The predicted octanol–water partition coefficient (Wildman–Crippen LogP) is 2.07. The molecule has 0 aliphatic carbocycles. The Hall–Kier alpha value is -1.56. The van der Waals surface area contributed by atoms with Crippen LogP contribution in [-0.2, 0) is 21.3 Å². The molecule has 0 spiro atoms. The Labute approximate surface area is 102 Å². The fourth-order valence-electron chi connectivity index (χ4n) is 1.96. The zero-order valence-electron chi connectivity index (χ0n) is 9.67. The SMILES string of the molecule is CC1(c2ccccc2C(F)(F)F)CNC(=O)CO1. The number of alkyl halides is 3. The van der Waals surface area contributed by atoms with Crippen LogP contribution in [0.5, 0.6) is 0 Å². The second kappa shape index (κ2) is 4.28. The van der Waals surface area contributed by atoms with Crippen molar-refractivity contribution in [1.82, 2.24) is 5.32 Å². The number of carbonyl (C=O) groups is 1. The molecule has 0 bridgehead atoms. The number of hydrogen-bond acceptors (Lipinski definition) is 2. The molecule has 1 atom stereocenters. The molecule has 1 aromatic carbocycles. The van der Waals surface area contributed by atoms with E-state index in [4.69, 9.17) is 4.74 Å². The largest absolute Gasteiger partial charge is 0.416 e. The lowest BCUT2D eigenvalue weighted by molar-refractivity contribution is -0.149. The molecule has 6 heteroatoms. The monoisotopic (exact) mass is 259 g/mol. The summed E-state index contributed by atoms with van der Waals surface area (Å²) in [5.74, 6) is -0.322. The molecule has 18 heavy (non-hydrogen) atoms. The minimum atomic E-state index is -4.44. The molecule has 1 aromatic rings. The molecule has 1 N–H and O–H groups in total. The van der Waals surface area contributed by atoms with Crippen LogP contribution in [0, 0.1) is 0 Å². The number of nitrogens with one attached hydrogen (secondary N) is 1. The summed E-state index contributed by atoms with van der Waals surface area (Å²) in [6.07, 6.45) is -4.44. The van der Waals surface area contributed by atoms with E-state index in [0.29, 0.717) is 0 Å². The van der Waals surface area contributed by atoms with Gasteiger partial charge in [-0.3, -0.25) is 4.79 Å². The Morgan fingerprint density at radius 1 is 1.33 bits per heavy atom. The van der Waals surface area contributed by atoms with E-state index in [1.54, 1.807) is 0 Å². The van der Waals surface area contributed by atoms with Crippen LogP contribution >= 0.6 is 0 Å². The highest BCUT2D eigenvalue weighted by Crippen LogP contribution is 2.38. The zero-order chi connectivity index (χ0) is 13.4. The van der Waals surface area contributed by atoms with Gasteiger partial charge in [0.15, 0.2) is 0 Å². The summed E-state index contributed by atoms with van der Waals surface area (Å²) >= 11 is 0. The average molecular weight is 259 g/mol. The summed E-state index contributed by atoms with van der Waals surface area (Å²) in [5, 5.41) is 2.52. The van der Waals surface area contributed by atoms with Gasteiger partial charge in [0.25, 0.3) is 0 Å². The Kier molecular flexibility index (Phi) is 3.06. The lowest BCUT2D eigenvalue weighted by atomic mass is 9.90. The average Bonchev–Trinajstić information content (AvgIpc) is 2.32. The molecule has 2 rings (SSSR count). The minimum absolute atomic E-state index is 0.0267. The second-order valence-corrected chi connectivity index (χ2v) is 4.34. The van der Waals surface area contributed by atoms with Crippen molar-refractivity contribution < 1.29 is 22.7 Å². The number of morpholine rings is 1. The first-order valence-corrected chi connectivity index (χ1v) is 5.40. The molecule has 1 aliphatic rings. The van der Waals surface area contributed by atoms with Gasteiger partial charge in [-0.15, -0.1) is 0 Å². The van der Waals surface area contributed by atoms with Crippen molar-refractivity contribution in [2.45, 2.75) is 18.7 Å². The topological polar surface area (TPSA) is 38.3 Å².